The van der Waals surface area contributed by atoms with E-state index < -0.39 is 0 Å². The van der Waals surface area contributed by atoms with E-state index in [0.717, 1.165) is 17.1 Å². The summed E-state index contributed by atoms with van der Waals surface area (Å²) in [5.74, 6) is 0. The molecule has 1 aliphatic rings. The van der Waals surface area contributed by atoms with E-state index in [9.17, 15) is 0 Å². The Balaban J connectivity index is 1.74. The summed E-state index contributed by atoms with van der Waals surface area (Å²) in [6.07, 6.45) is 2.70. The molecule has 0 bridgehead atoms. The zero-order valence-corrected chi connectivity index (χ0v) is 11.9. The van der Waals surface area contributed by atoms with Gasteiger partial charge in [0, 0.05) is 26.8 Å². The Hall–Kier alpha value is -0.640. The quantitative estimate of drug-likeness (QED) is 0.881. The Morgan fingerprint density at radius 2 is 2.12 bits per heavy atom. The lowest BCUT2D eigenvalue weighted by Gasteiger charge is -1.99. The maximum atomic E-state index is 3.55. The number of halogens is 1. The lowest BCUT2D eigenvalue weighted by molar-refractivity contribution is 0.695. The molecule has 0 aliphatic heterocycles. The highest BCUT2D eigenvalue weighted by Crippen LogP contribution is 2.30. The van der Waals surface area contributed by atoms with Crippen molar-refractivity contribution < 1.29 is 0 Å². The molecule has 3 rings (SSSR count). The van der Waals surface area contributed by atoms with Crippen molar-refractivity contribution in [3.8, 4) is 10.4 Å². The van der Waals surface area contributed by atoms with Gasteiger partial charge >= 0.3 is 0 Å². The summed E-state index contributed by atoms with van der Waals surface area (Å²) < 4.78 is 1.14. The lowest BCUT2D eigenvalue weighted by atomic mass is 10.2. The van der Waals surface area contributed by atoms with Crippen LogP contribution in [0.15, 0.2) is 40.9 Å². The predicted octanol–water partition coefficient (Wildman–Crippen LogP) is 4.43. The van der Waals surface area contributed by atoms with Crippen LogP contribution in [0.2, 0.25) is 0 Å². The van der Waals surface area contributed by atoms with E-state index in [1.807, 2.05) is 11.3 Å². The maximum absolute atomic E-state index is 3.55. The van der Waals surface area contributed by atoms with Gasteiger partial charge in [-0.25, -0.2) is 0 Å². The van der Waals surface area contributed by atoms with Gasteiger partial charge in [-0.15, -0.1) is 11.3 Å². The summed E-state index contributed by atoms with van der Waals surface area (Å²) in [7, 11) is 0. The summed E-state index contributed by atoms with van der Waals surface area (Å²) in [6, 6.07) is 13.7. The Labute approximate surface area is 114 Å². The average molecular weight is 308 g/mol. The van der Waals surface area contributed by atoms with Gasteiger partial charge in [-0.1, -0.05) is 28.1 Å². The fraction of sp³-hybridized carbons (Fsp3) is 0.286. The fourth-order valence-electron chi connectivity index (χ4n) is 1.80. The molecule has 0 radical (unpaired) electrons. The topological polar surface area (TPSA) is 12.0 Å². The summed E-state index contributed by atoms with van der Waals surface area (Å²) in [4.78, 5) is 2.77. The van der Waals surface area contributed by atoms with Crippen LogP contribution >= 0.6 is 27.3 Å². The van der Waals surface area contributed by atoms with Crippen LogP contribution in [0.25, 0.3) is 10.4 Å². The first-order valence-electron chi connectivity index (χ1n) is 5.89. The predicted molar refractivity (Wildman–Crippen MR) is 77.3 cm³/mol. The number of rotatable bonds is 4. The van der Waals surface area contributed by atoms with Gasteiger partial charge in [0.25, 0.3) is 0 Å². The van der Waals surface area contributed by atoms with Crippen molar-refractivity contribution in [3.63, 3.8) is 0 Å². The number of benzene rings is 1. The monoisotopic (exact) mass is 307 g/mol. The van der Waals surface area contributed by atoms with Crippen LogP contribution in [0.5, 0.6) is 0 Å². The third-order valence-corrected chi connectivity index (χ3v) is 4.54. The first kappa shape index (κ1) is 11.5. The van der Waals surface area contributed by atoms with Gasteiger partial charge in [0.1, 0.15) is 0 Å². The van der Waals surface area contributed by atoms with E-state index in [1.165, 1.54) is 28.2 Å². The van der Waals surface area contributed by atoms with Crippen LogP contribution in [-0.4, -0.2) is 6.04 Å². The van der Waals surface area contributed by atoms with Crippen molar-refractivity contribution in [2.75, 3.05) is 0 Å². The maximum Gasteiger partial charge on any atom is 0.0346 e. The third-order valence-electron chi connectivity index (χ3n) is 2.91. The minimum Gasteiger partial charge on any atom is -0.309 e. The first-order chi connectivity index (χ1) is 8.31. The molecule has 1 heterocycles. The largest absolute Gasteiger partial charge is 0.309 e. The lowest BCUT2D eigenvalue weighted by Crippen LogP contribution is -2.14. The second-order valence-electron chi connectivity index (χ2n) is 4.43. The normalized spacial score (nSPS) is 15.1. The van der Waals surface area contributed by atoms with E-state index >= 15 is 0 Å². The highest BCUT2D eigenvalue weighted by molar-refractivity contribution is 9.10. The van der Waals surface area contributed by atoms with Gasteiger partial charge in [-0.05, 0) is 42.7 Å². The standard InChI is InChI=1S/C14H14BrNS/c15-11-3-1-2-10(8-11)14-7-6-13(17-14)9-16-12-4-5-12/h1-3,6-8,12,16H,4-5,9H2. The van der Waals surface area contributed by atoms with Crippen molar-refractivity contribution in [2.45, 2.75) is 25.4 Å². The molecule has 3 heteroatoms. The molecule has 1 fully saturated rings. The Morgan fingerprint density at radius 3 is 2.88 bits per heavy atom. The average Bonchev–Trinajstić information content (AvgIpc) is 3.04. The van der Waals surface area contributed by atoms with E-state index in [2.05, 4.69) is 57.6 Å². The molecule has 88 valence electrons. The van der Waals surface area contributed by atoms with E-state index in [4.69, 9.17) is 0 Å². The molecule has 0 atom stereocenters. The molecule has 1 nitrogen and oxygen atoms in total. The molecule has 0 amide bonds. The first-order valence-corrected chi connectivity index (χ1v) is 7.50. The van der Waals surface area contributed by atoms with Crippen molar-refractivity contribution >= 4 is 27.3 Å². The zero-order valence-electron chi connectivity index (χ0n) is 9.45. The number of hydrogen-bond acceptors (Lipinski definition) is 2. The van der Waals surface area contributed by atoms with Gasteiger partial charge in [0.2, 0.25) is 0 Å². The highest BCUT2D eigenvalue weighted by atomic mass is 79.9. The molecular weight excluding hydrogens is 294 g/mol. The Bertz CT molecular complexity index is 516. The van der Waals surface area contributed by atoms with Crippen LogP contribution in [0.1, 0.15) is 17.7 Å². The van der Waals surface area contributed by atoms with Crippen molar-refractivity contribution in [1.82, 2.24) is 5.32 Å². The molecule has 1 N–H and O–H groups in total. The summed E-state index contributed by atoms with van der Waals surface area (Å²) in [6.45, 7) is 1.02. The molecule has 2 aromatic rings. The zero-order chi connectivity index (χ0) is 11.7. The smallest absolute Gasteiger partial charge is 0.0346 e. The summed E-state index contributed by atoms with van der Waals surface area (Å²) in [5, 5.41) is 3.55. The second kappa shape index (κ2) is 4.92. The number of nitrogens with one attached hydrogen (secondary N) is 1. The molecule has 17 heavy (non-hydrogen) atoms. The van der Waals surface area contributed by atoms with Crippen LogP contribution in [0, 0.1) is 0 Å². The molecule has 0 unspecified atom stereocenters. The molecule has 0 spiro atoms. The molecule has 1 saturated carbocycles. The van der Waals surface area contributed by atoms with E-state index in [-0.39, 0.29) is 0 Å². The van der Waals surface area contributed by atoms with Gasteiger partial charge in [-0.3, -0.25) is 0 Å². The van der Waals surface area contributed by atoms with Crippen LogP contribution in [0.4, 0.5) is 0 Å². The van der Waals surface area contributed by atoms with E-state index in [1.54, 1.807) is 0 Å². The van der Waals surface area contributed by atoms with Crippen molar-refractivity contribution in [2.24, 2.45) is 0 Å². The van der Waals surface area contributed by atoms with E-state index in [0.29, 0.717) is 0 Å². The fourth-order valence-corrected chi connectivity index (χ4v) is 3.16. The SMILES string of the molecule is Brc1cccc(-c2ccc(CNC3CC3)s2)c1. The van der Waals surface area contributed by atoms with Gasteiger partial charge in [0.05, 0.1) is 0 Å². The van der Waals surface area contributed by atoms with Crippen LogP contribution in [0.3, 0.4) is 0 Å². The van der Waals surface area contributed by atoms with Crippen LogP contribution in [-0.2, 0) is 6.54 Å². The van der Waals surface area contributed by atoms with Gasteiger partial charge in [0.15, 0.2) is 0 Å². The number of hydrogen-bond donors (Lipinski definition) is 1. The molecule has 0 saturated heterocycles. The number of thiophene rings is 1. The third kappa shape index (κ3) is 2.97. The minimum atomic E-state index is 0.784. The van der Waals surface area contributed by atoms with Gasteiger partial charge in [-0.2, -0.15) is 0 Å². The molecule has 1 aliphatic carbocycles. The van der Waals surface area contributed by atoms with Gasteiger partial charge < -0.3 is 5.32 Å². The highest BCUT2D eigenvalue weighted by Gasteiger charge is 2.20. The molecule has 1 aromatic heterocycles. The molecular formula is C14H14BrNS. The summed E-state index contributed by atoms with van der Waals surface area (Å²) in [5.41, 5.74) is 1.29. The second-order valence-corrected chi connectivity index (χ2v) is 6.52. The Morgan fingerprint density at radius 1 is 1.24 bits per heavy atom. The van der Waals surface area contributed by atoms with Crippen molar-refractivity contribution in [3.05, 3.63) is 45.7 Å². The Kier molecular flexibility index (Phi) is 3.32. The molecule has 1 aromatic carbocycles. The van der Waals surface area contributed by atoms with Crippen molar-refractivity contribution in [1.29, 1.82) is 0 Å². The minimum absolute atomic E-state index is 0.784. The van der Waals surface area contributed by atoms with Crippen LogP contribution < -0.4 is 5.32 Å². The summed E-state index contributed by atoms with van der Waals surface area (Å²) >= 11 is 5.40.